The van der Waals surface area contributed by atoms with Gasteiger partial charge in [-0.2, -0.15) is 0 Å². The van der Waals surface area contributed by atoms with Crippen molar-refractivity contribution >= 4 is 0 Å². The second-order valence-corrected chi connectivity index (χ2v) is 16.6. The average Bonchev–Trinajstić information content (AvgIpc) is 2.98. The van der Waals surface area contributed by atoms with E-state index in [9.17, 15) is 43.9 Å². The van der Waals surface area contributed by atoms with Crippen LogP contribution < -0.4 is 0 Å². The molecule has 0 N–H and O–H groups in total. The lowest BCUT2D eigenvalue weighted by atomic mass is 9.85. The Hall–Kier alpha value is -3.82. The molecule has 0 bridgehead atoms. The van der Waals surface area contributed by atoms with Crippen molar-refractivity contribution in [1.82, 2.24) is 0 Å². The molecule has 0 aliphatic heterocycles. The van der Waals surface area contributed by atoms with Crippen molar-refractivity contribution in [1.29, 1.82) is 0 Å². The molecule has 4 rings (SSSR count). The first-order chi connectivity index (χ1) is 23.3. The van der Waals surface area contributed by atoms with Crippen LogP contribution in [0.3, 0.4) is 0 Å². The SMILES string of the molecule is CC(C)(C)c1cc(F)c(F)c(F)c1.CC(C)(C)c1ccc(F)c(F)c1F.Cc1c(F)cc(C(C)(C)C)cc1F.Cc1c(F)ccc(C(C)(C)C)c1F. The predicted molar refractivity (Wildman–Crippen MR) is 190 cm³/mol. The van der Waals surface area contributed by atoms with E-state index in [4.69, 9.17) is 0 Å². The van der Waals surface area contributed by atoms with Gasteiger partial charge in [0.1, 0.15) is 23.3 Å². The van der Waals surface area contributed by atoms with Gasteiger partial charge >= 0.3 is 0 Å². The highest BCUT2D eigenvalue weighted by Gasteiger charge is 2.23. The van der Waals surface area contributed by atoms with Crippen LogP contribution in [-0.4, -0.2) is 0 Å². The molecule has 288 valence electrons. The molecule has 0 aromatic heterocycles. The van der Waals surface area contributed by atoms with E-state index in [0.29, 0.717) is 16.7 Å². The maximum absolute atomic E-state index is 13.5. The Kier molecular flexibility index (Phi) is 15.4. The summed E-state index contributed by atoms with van der Waals surface area (Å²) in [5.41, 5.74) is 0.696. The highest BCUT2D eigenvalue weighted by molar-refractivity contribution is 5.32. The topological polar surface area (TPSA) is 0 Å². The molecular weight excluding hydrogens is 694 g/mol. The molecule has 0 spiro atoms. The fourth-order valence-corrected chi connectivity index (χ4v) is 4.41. The quantitative estimate of drug-likeness (QED) is 0.124. The van der Waals surface area contributed by atoms with Crippen LogP contribution in [0.2, 0.25) is 0 Å². The first-order valence-electron chi connectivity index (χ1n) is 16.5. The highest BCUT2D eigenvalue weighted by atomic mass is 19.2. The van der Waals surface area contributed by atoms with Crippen LogP contribution in [0.25, 0.3) is 0 Å². The smallest absolute Gasteiger partial charge is 0.194 e. The molecule has 0 amide bonds. The maximum atomic E-state index is 13.5. The zero-order valence-corrected chi connectivity index (χ0v) is 32.4. The molecule has 4 aromatic carbocycles. The first-order valence-corrected chi connectivity index (χ1v) is 16.5. The summed E-state index contributed by atoms with van der Waals surface area (Å²) < 4.78 is 129. The van der Waals surface area contributed by atoms with Crippen LogP contribution in [0.4, 0.5) is 43.9 Å². The van der Waals surface area contributed by atoms with E-state index in [-0.39, 0.29) is 32.9 Å². The fourth-order valence-electron chi connectivity index (χ4n) is 4.41. The lowest BCUT2D eigenvalue weighted by Crippen LogP contribution is -2.15. The molecule has 0 fully saturated rings. The van der Waals surface area contributed by atoms with Gasteiger partial charge in [0.05, 0.1) is 0 Å². The van der Waals surface area contributed by atoms with E-state index in [1.807, 2.05) is 41.5 Å². The van der Waals surface area contributed by atoms with Crippen LogP contribution >= 0.6 is 0 Å². The van der Waals surface area contributed by atoms with E-state index in [1.54, 1.807) is 41.5 Å². The average molecular weight is 745 g/mol. The molecule has 10 heteroatoms. The van der Waals surface area contributed by atoms with E-state index in [2.05, 4.69) is 0 Å². The Morgan fingerprint density at radius 2 is 0.635 bits per heavy atom. The van der Waals surface area contributed by atoms with Crippen LogP contribution in [0.5, 0.6) is 0 Å². The van der Waals surface area contributed by atoms with Gasteiger partial charge in [0.2, 0.25) is 0 Å². The molecular formula is C42H50F10. The Bertz CT molecular complexity index is 1650. The van der Waals surface area contributed by atoms with Crippen LogP contribution in [0.15, 0.2) is 48.5 Å². The summed E-state index contributed by atoms with van der Waals surface area (Å²) >= 11 is 0. The summed E-state index contributed by atoms with van der Waals surface area (Å²) in [7, 11) is 0. The van der Waals surface area contributed by atoms with Gasteiger partial charge in [-0.25, -0.2) is 43.9 Å². The molecule has 4 aromatic rings. The third-order valence-electron chi connectivity index (χ3n) is 7.97. The molecule has 0 radical (unpaired) electrons. The highest BCUT2D eigenvalue weighted by Crippen LogP contribution is 2.29. The van der Waals surface area contributed by atoms with Crippen molar-refractivity contribution in [3.8, 4) is 0 Å². The number of benzene rings is 4. The monoisotopic (exact) mass is 744 g/mol. The molecule has 0 saturated heterocycles. The van der Waals surface area contributed by atoms with Gasteiger partial charge in [0.15, 0.2) is 34.9 Å². The van der Waals surface area contributed by atoms with Gasteiger partial charge in [-0.3, -0.25) is 0 Å². The van der Waals surface area contributed by atoms with Crippen LogP contribution in [0.1, 0.15) is 116 Å². The second-order valence-electron chi connectivity index (χ2n) is 16.6. The number of halogens is 10. The van der Waals surface area contributed by atoms with Crippen molar-refractivity contribution in [2.75, 3.05) is 0 Å². The Balaban J connectivity index is 0.000000347. The van der Waals surface area contributed by atoms with Gasteiger partial charge in [-0.15, -0.1) is 0 Å². The zero-order chi connectivity index (χ0) is 40.9. The molecule has 52 heavy (non-hydrogen) atoms. The number of rotatable bonds is 0. The first kappa shape index (κ1) is 46.2. The summed E-state index contributed by atoms with van der Waals surface area (Å²) in [6.45, 7) is 25.0. The van der Waals surface area contributed by atoms with Crippen LogP contribution in [0, 0.1) is 72.0 Å². The molecule has 0 aliphatic carbocycles. The minimum absolute atomic E-state index is 0.0907. The molecule has 0 heterocycles. The number of hydrogen-bond acceptors (Lipinski definition) is 0. The third-order valence-corrected chi connectivity index (χ3v) is 7.97. The molecule has 0 atom stereocenters. The molecule has 0 saturated carbocycles. The van der Waals surface area contributed by atoms with Gasteiger partial charge in [-0.1, -0.05) is 95.2 Å². The van der Waals surface area contributed by atoms with E-state index >= 15 is 0 Å². The molecule has 0 aliphatic rings. The summed E-state index contributed by atoms with van der Waals surface area (Å²) in [5, 5.41) is 0. The predicted octanol–water partition coefficient (Wildman–Crippen LogP) is 13.9. The Morgan fingerprint density at radius 3 is 0.981 bits per heavy atom. The van der Waals surface area contributed by atoms with Crippen molar-refractivity contribution in [3.63, 3.8) is 0 Å². The molecule has 0 unspecified atom stereocenters. The zero-order valence-electron chi connectivity index (χ0n) is 32.4. The van der Waals surface area contributed by atoms with Crippen molar-refractivity contribution in [3.05, 3.63) is 140 Å². The van der Waals surface area contributed by atoms with Crippen LogP contribution in [-0.2, 0) is 21.7 Å². The van der Waals surface area contributed by atoms with Gasteiger partial charge in [0.25, 0.3) is 0 Å². The van der Waals surface area contributed by atoms with E-state index in [0.717, 1.165) is 18.2 Å². The summed E-state index contributed by atoms with van der Waals surface area (Å²) in [4.78, 5) is 0. The normalized spacial score (nSPS) is 11.8. The standard InChI is InChI=1S/2C11H14F2.2C10H11F3/c1-7-9(12)5-8(6-10(7)13)11(2,3)4;1-7-9(12)6-5-8(10(7)13)11(2,3)4;1-10(2,3)6-4-7(11)9(13)8(12)5-6;1-10(2,3)6-4-5-7(11)9(13)8(6)12/h2*5-6H,1-4H3;2*4-5H,1-3H3. The summed E-state index contributed by atoms with van der Waals surface area (Å²) in [5.74, 6) is -9.15. The van der Waals surface area contributed by atoms with Gasteiger partial charge < -0.3 is 0 Å². The van der Waals surface area contributed by atoms with Crippen molar-refractivity contribution in [2.45, 2.75) is 119 Å². The van der Waals surface area contributed by atoms with E-state index < -0.39 is 63.6 Å². The second kappa shape index (κ2) is 17.3. The minimum atomic E-state index is -1.41. The largest absolute Gasteiger partial charge is 0.207 e. The summed E-state index contributed by atoms with van der Waals surface area (Å²) in [6.07, 6.45) is 0. The maximum Gasteiger partial charge on any atom is 0.194 e. The third kappa shape index (κ3) is 12.7. The van der Waals surface area contributed by atoms with E-state index in [1.165, 1.54) is 44.2 Å². The van der Waals surface area contributed by atoms with Gasteiger partial charge in [-0.05, 0) is 94.2 Å². The van der Waals surface area contributed by atoms with Crippen molar-refractivity contribution < 1.29 is 43.9 Å². The minimum Gasteiger partial charge on any atom is -0.207 e. The number of hydrogen-bond donors (Lipinski definition) is 0. The lowest BCUT2D eigenvalue weighted by molar-refractivity contribution is 0.423. The Morgan fingerprint density at radius 1 is 0.308 bits per heavy atom. The van der Waals surface area contributed by atoms with Gasteiger partial charge in [0, 0.05) is 11.1 Å². The van der Waals surface area contributed by atoms with Crippen molar-refractivity contribution in [2.24, 2.45) is 0 Å². The lowest BCUT2D eigenvalue weighted by Gasteiger charge is -2.20. The summed E-state index contributed by atoms with van der Waals surface area (Å²) in [6, 6.07) is 9.90. The Labute approximate surface area is 302 Å². The molecule has 0 nitrogen and oxygen atoms in total. The fraction of sp³-hybridized carbons (Fsp3) is 0.429.